The molecule has 4 heteroatoms. The van der Waals surface area contributed by atoms with Gasteiger partial charge < -0.3 is 15.3 Å². The summed E-state index contributed by atoms with van der Waals surface area (Å²) in [5.41, 5.74) is 0. The minimum Gasteiger partial charge on any atom is -0.397 e. The summed E-state index contributed by atoms with van der Waals surface area (Å²) in [6.07, 6.45) is 3.50. The lowest BCUT2D eigenvalue weighted by Crippen LogP contribution is -2.40. The van der Waals surface area contributed by atoms with Crippen molar-refractivity contribution in [1.29, 1.82) is 0 Å². The summed E-state index contributed by atoms with van der Waals surface area (Å²) < 4.78 is 0. The van der Waals surface area contributed by atoms with Gasteiger partial charge in [0, 0.05) is 45.2 Å². The Morgan fingerprint density at radius 2 is 1.69 bits per heavy atom. The lowest BCUT2D eigenvalue weighted by molar-refractivity contribution is 0.291. The Hall–Kier alpha value is -0.970. The van der Waals surface area contributed by atoms with Crippen LogP contribution in [0.4, 0.5) is 0 Å². The van der Waals surface area contributed by atoms with Crippen LogP contribution in [0.1, 0.15) is 6.92 Å². The fourth-order valence-corrected chi connectivity index (χ4v) is 1.09. The molecule has 0 amide bonds. The third kappa shape index (κ3) is 11.1. The van der Waals surface area contributed by atoms with Crippen molar-refractivity contribution in [3.05, 3.63) is 30.6 Å². The van der Waals surface area contributed by atoms with E-state index in [1.165, 1.54) is 13.1 Å². The number of rotatable bonds is 0. The van der Waals surface area contributed by atoms with Gasteiger partial charge in [-0.3, -0.25) is 4.98 Å². The molecule has 0 aromatic carbocycles. The van der Waals surface area contributed by atoms with Gasteiger partial charge in [0.25, 0.3) is 0 Å². The molecule has 4 nitrogen and oxygen atoms in total. The van der Waals surface area contributed by atoms with Crippen molar-refractivity contribution in [3.8, 4) is 0 Å². The molecule has 0 radical (unpaired) electrons. The van der Waals surface area contributed by atoms with Crippen molar-refractivity contribution >= 4 is 0 Å². The molecular weight excluding hydrogens is 202 g/mol. The summed E-state index contributed by atoms with van der Waals surface area (Å²) in [5, 5.41) is 10.8. The number of likely N-dealkylation sites (N-methyl/N-ethyl adjacent to an activating group) is 1. The molecule has 0 aliphatic carbocycles. The number of nitrogens with zero attached hydrogens (tertiary/aromatic N) is 2. The van der Waals surface area contributed by atoms with Crippen LogP contribution < -0.4 is 5.32 Å². The van der Waals surface area contributed by atoms with E-state index in [1.807, 2.05) is 18.2 Å². The van der Waals surface area contributed by atoms with Gasteiger partial charge in [-0.1, -0.05) is 6.07 Å². The van der Waals surface area contributed by atoms with E-state index in [0.29, 0.717) is 0 Å². The lowest BCUT2D eigenvalue weighted by Gasteiger charge is -2.21. The molecule has 0 unspecified atom stereocenters. The van der Waals surface area contributed by atoms with E-state index in [4.69, 9.17) is 5.11 Å². The Morgan fingerprint density at radius 1 is 1.19 bits per heavy atom. The zero-order valence-electron chi connectivity index (χ0n) is 10.3. The molecule has 0 bridgehead atoms. The molecule has 2 rings (SSSR count). The van der Waals surface area contributed by atoms with Gasteiger partial charge in [0.05, 0.1) is 0 Å². The van der Waals surface area contributed by atoms with Crippen LogP contribution in [0.15, 0.2) is 30.6 Å². The van der Waals surface area contributed by atoms with E-state index in [9.17, 15) is 0 Å². The van der Waals surface area contributed by atoms with Crippen molar-refractivity contribution in [2.45, 2.75) is 6.92 Å². The Labute approximate surface area is 98.3 Å². The number of nitrogens with one attached hydrogen (secondary N) is 1. The topological polar surface area (TPSA) is 48.4 Å². The number of aromatic nitrogens is 1. The molecule has 1 aromatic heterocycles. The number of aliphatic hydroxyl groups is 1. The first-order valence-corrected chi connectivity index (χ1v) is 5.66. The summed E-state index contributed by atoms with van der Waals surface area (Å²) in [5.74, 6) is 0. The van der Waals surface area contributed by atoms with E-state index < -0.39 is 0 Å². The van der Waals surface area contributed by atoms with Gasteiger partial charge in [0.1, 0.15) is 0 Å². The van der Waals surface area contributed by atoms with E-state index >= 15 is 0 Å². The zero-order chi connectivity index (χ0) is 12.1. The summed E-state index contributed by atoms with van der Waals surface area (Å²) in [4.78, 5) is 6.11. The molecule has 0 spiro atoms. The molecule has 1 fully saturated rings. The second-order valence-corrected chi connectivity index (χ2v) is 3.39. The Kier molecular flexibility index (Phi) is 11.4. The van der Waals surface area contributed by atoms with Crippen LogP contribution in [0.2, 0.25) is 0 Å². The highest BCUT2D eigenvalue weighted by molar-refractivity contribution is 4.88. The van der Waals surface area contributed by atoms with Crippen LogP contribution >= 0.6 is 0 Å². The summed E-state index contributed by atoms with van der Waals surface area (Å²) in [6, 6.07) is 5.72. The molecule has 92 valence electrons. The Balaban J connectivity index is 0.000000230. The average Bonchev–Trinajstić information content (AvgIpc) is 2.34. The van der Waals surface area contributed by atoms with Gasteiger partial charge in [0.15, 0.2) is 0 Å². The third-order valence-corrected chi connectivity index (χ3v) is 1.91. The van der Waals surface area contributed by atoms with Crippen LogP contribution in [0.25, 0.3) is 0 Å². The Morgan fingerprint density at radius 3 is 1.88 bits per heavy atom. The predicted octanol–water partition coefficient (Wildman–Crippen LogP) is 0.602. The van der Waals surface area contributed by atoms with Crippen LogP contribution in [0.5, 0.6) is 0 Å². The average molecular weight is 225 g/mol. The quantitative estimate of drug-likeness (QED) is 0.679. The van der Waals surface area contributed by atoms with E-state index in [1.54, 1.807) is 19.3 Å². The number of pyridine rings is 1. The number of aliphatic hydroxyl groups excluding tert-OH is 1. The maximum atomic E-state index is 7.57. The van der Waals surface area contributed by atoms with Crippen LogP contribution in [-0.2, 0) is 0 Å². The summed E-state index contributed by atoms with van der Waals surface area (Å²) >= 11 is 0. The minimum atomic E-state index is 0.250. The summed E-state index contributed by atoms with van der Waals surface area (Å²) in [7, 11) is 2.15. The second kappa shape index (κ2) is 12.1. The first-order chi connectivity index (χ1) is 7.81. The van der Waals surface area contributed by atoms with Crippen LogP contribution in [-0.4, -0.2) is 54.8 Å². The van der Waals surface area contributed by atoms with Gasteiger partial charge in [0.2, 0.25) is 0 Å². The first-order valence-electron chi connectivity index (χ1n) is 5.66. The highest BCUT2D eigenvalue weighted by Gasteiger charge is 2.01. The number of hydrogen-bond acceptors (Lipinski definition) is 4. The largest absolute Gasteiger partial charge is 0.397 e. The molecule has 1 aromatic rings. The highest BCUT2D eigenvalue weighted by atomic mass is 16.2. The third-order valence-electron chi connectivity index (χ3n) is 1.91. The molecule has 2 N–H and O–H groups in total. The normalized spacial score (nSPS) is 15.2. The molecule has 2 heterocycles. The lowest BCUT2D eigenvalue weighted by atomic mass is 10.4. The maximum absolute atomic E-state index is 7.57. The van der Waals surface area contributed by atoms with Gasteiger partial charge in [-0.05, 0) is 26.1 Å². The van der Waals surface area contributed by atoms with Crippen LogP contribution in [0, 0.1) is 0 Å². The van der Waals surface area contributed by atoms with Crippen molar-refractivity contribution in [2.75, 3.05) is 39.8 Å². The van der Waals surface area contributed by atoms with Crippen molar-refractivity contribution < 1.29 is 5.11 Å². The summed E-state index contributed by atoms with van der Waals surface area (Å²) in [6.45, 7) is 6.67. The van der Waals surface area contributed by atoms with Gasteiger partial charge in [-0.2, -0.15) is 0 Å². The molecule has 1 saturated heterocycles. The second-order valence-electron chi connectivity index (χ2n) is 3.39. The maximum Gasteiger partial charge on any atom is 0.0402 e. The Bertz CT molecular complexity index is 186. The number of piperazine rings is 1. The highest BCUT2D eigenvalue weighted by Crippen LogP contribution is 1.83. The van der Waals surface area contributed by atoms with Gasteiger partial charge in [-0.15, -0.1) is 0 Å². The SMILES string of the molecule is CCO.CN1CCNCC1.c1ccncc1. The van der Waals surface area contributed by atoms with E-state index in [-0.39, 0.29) is 6.61 Å². The first kappa shape index (κ1) is 15.0. The molecular formula is C12H23N3O. The molecule has 1 aliphatic rings. The molecule has 16 heavy (non-hydrogen) atoms. The van der Waals surface area contributed by atoms with Crippen molar-refractivity contribution in [3.63, 3.8) is 0 Å². The molecule has 0 atom stereocenters. The van der Waals surface area contributed by atoms with Gasteiger partial charge in [-0.25, -0.2) is 0 Å². The predicted molar refractivity (Wildman–Crippen MR) is 67.4 cm³/mol. The van der Waals surface area contributed by atoms with Gasteiger partial charge >= 0.3 is 0 Å². The fraction of sp³-hybridized carbons (Fsp3) is 0.583. The molecule has 1 aliphatic heterocycles. The van der Waals surface area contributed by atoms with Crippen LogP contribution in [0.3, 0.4) is 0 Å². The standard InChI is InChI=1S/C5H12N2.C5H5N.C2H6O/c1-7-4-2-6-3-5-7;1-2-4-6-5-3-1;1-2-3/h6H,2-5H2,1H3;1-5H;3H,2H2,1H3. The molecule has 0 saturated carbocycles. The zero-order valence-corrected chi connectivity index (χ0v) is 10.3. The van der Waals surface area contributed by atoms with E-state index in [0.717, 1.165) is 13.1 Å². The van der Waals surface area contributed by atoms with Crippen molar-refractivity contribution in [2.24, 2.45) is 0 Å². The monoisotopic (exact) mass is 225 g/mol. The smallest absolute Gasteiger partial charge is 0.0402 e. The fourth-order valence-electron chi connectivity index (χ4n) is 1.09. The van der Waals surface area contributed by atoms with Crippen molar-refractivity contribution in [1.82, 2.24) is 15.2 Å². The number of hydrogen-bond donors (Lipinski definition) is 2. The van der Waals surface area contributed by atoms with E-state index in [2.05, 4.69) is 22.2 Å². The minimum absolute atomic E-state index is 0.250.